The molecule has 0 saturated carbocycles. The molecule has 0 bridgehead atoms. The average Bonchev–Trinajstić information content (AvgIpc) is 2.71. The van der Waals surface area contributed by atoms with E-state index in [2.05, 4.69) is 0 Å². The molecule has 6 heteroatoms. The molecule has 4 nitrogen and oxygen atoms in total. The van der Waals surface area contributed by atoms with Crippen molar-refractivity contribution in [3.63, 3.8) is 0 Å². The van der Waals surface area contributed by atoms with Crippen LogP contribution in [0.1, 0.15) is 15.9 Å². The normalized spacial score (nSPS) is 11.6. The summed E-state index contributed by atoms with van der Waals surface area (Å²) in [4.78, 5) is 26.5. The molecule has 1 amide bonds. The van der Waals surface area contributed by atoms with E-state index in [1.807, 2.05) is 6.07 Å². The zero-order chi connectivity index (χ0) is 20.1. The van der Waals surface area contributed by atoms with Gasteiger partial charge in [-0.05, 0) is 35.9 Å². The van der Waals surface area contributed by atoms with Gasteiger partial charge in [0.25, 0.3) is 5.91 Å². The second-order valence-corrected chi connectivity index (χ2v) is 6.59. The number of hydrogen-bond acceptors (Lipinski definition) is 2. The number of amides is 1. The van der Waals surface area contributed by atoms with E-state index in [9.17, 15) is 19.1 Å². The van der Waals surface area contributed by atoms with Crippen LogP contribution in [-0.4, -0.2) is 23.0 Å². The maximum atomic E-state index is 13.6. The molecule has 1 N–H and O–H groups in total. The maximum absolute atomic E-state index is 13.6. The lowest BCUT2D eigenvalue weighted by molar-refractivity contribution is -0.138. The van der Waals surface area contributed by atoms with Gasteiger partial charge in [-0.15, -0.1) is 0 Å². The number of anilines is 1. The Kier molecular flexibility index (Phi) is 6.06. The summed E-state index contributed by atoms with van der Waals surface area (Å²) in [5.74, 6) is -2.33. The molecular weight excluding hydrogens is 381 g/mol. The van der Waals surface area contributed by atoms with Crippen molar-refractivity contribution in [3.8, 4) is 0 Å². The quantitative estimate of drug-likeness (QED) is 0.648. The topological polar surface area (TPSA) is 57.6 Å². The van der Waals surface area contributed by atoms with Crippen LogP contribution in [-0.2, 0) is 11.2 Å². The first-order chi connectivity index (χ1) is 13.5. The van der Waals surface area contributed by atoms with Gasteiger partial charge in [0, 0.05) is 17.7 Å². The molecule has 3 aromatic rings. The van der Waals surface area contributed by atoms with Crippen LogP contribution in [0, 0.1) is 5.82 Å². The molecule has 142 valence electrons. The van der Waals surface area contributed by atoms with Crippen LogP contribution in [0.2, 0.25) is 5.02 Å². The van der Waals surface area contributed by atoms with Gasteiger partial charge in [0.1, 0.15) is 11.9 Å². The van der Waals surface area contributed by atoms with Gasteiger partial charge in [-0.1, -0.05) is 60.1 Å². The number of hydrogen-bond donors (Lipinski definition) is 1. The van der Waals surface area contributed by atoms with Gasteiger partial charge in [-0.25, -0.2) is 9.18 Å². The standard InChI is InChI=1S/C22H17ClFNO3/c23-18-14-17(11-12-19(18)24)25(21(26)16-9-5-2-6-10-16)20(22(27)28)13-15-7-3-1-4-8-15/h1-12,14,20H,13H2,(H,27,28). The number of carboxylic acid groups (broad SMARTS) is 1. The number of rotatable bonds is 6. The fourth-order valence-corrected chi connectivity index (χ4v) is 3.09. The monoisotopic (exact) mass is 397 g/mol. The largest absolute Gasteiger partial charge is 0.480 e. The molecule has 3 rings (SSSR count). The van der Waals surface area contributed by atoms with Crippen molar-refractivity contribution < 1.29 is 19.1 Å². The minimum atomic E-state index is -1.20. The van der Waals surface area contributed by atoms with E-state index >= 15 is 0 Å². The number of carbonyl (C=O) groups is 2. The highest BCUT2D eigenvalue weighted by Crippen LogP contribution is 2.27. The molecule has 0 aliphatic carbocycles. The fraction of sp³-hybridized carbons (Fsp3) is 0.0909. The molecule has 0 fully saturated rings. The van der Waals surface area contributed by atoms with Gasteiger partial charge in [0.2, 0.25) is 0 Å². The summed E-state index contributed by atoms with van der Waals surface area (Å²) >= 11 is 5.89. The van der Waals surface area contributed by atoms with Crippen LogP contribution in [0.4, 0.5) is 10.1 Å². The summed E-state index contributed by atoms with van der Waals surface area (Å²) < 4.78 is 13.6. The molecule has 0 aliphatic heterocycles. The van der Waals surface area contributed by atoms with Crippen LogP contribution >= 0.6 is 11.6 Å². The number of carbonyl (C=O) groups excluding carboxylic acids is 1. The number of aliphatic carboxylic acids is 1. The van der Waals surface area contributed by atoms with E-state index in [1.165, 1.54) is 12.1 Å². The predicted molar refractivity (Wildman–Crippen MR) is 106 cm³/mol. The highest BCUT2D eigenvalue weighted by molar-refractivity contribution is 6.31. The van der Waals surface area contributed by atoms with Crippen molar-refractivity contribution in [1.29, 1.82) is 0 Å². The second kappa shape index (κ2) is 8.67. The zero-order valence-electron chi connectivity index (χ0n) is 14.8. The van der Waals surface area contributed by atoms with E-state index in [-0.39, 0.29) is 17.1 Å². The van der Waals surface area contributed by atoms with Gasteiger partial charge in [0.05, 0.1) is 5.02 Å². The van der Waals surface area contributed by atoms with Crippen LogP contribution in [0.15, 0.2) is 78.9 Å². The SMILES string of the molecule is O=C(O)C(Cc1ccccc1)N(C(=O)c1ccccc1)c1ccc(F)c(Cl)c1. The van der Waals surface area contributed by atoms with Crippen molar-refractivity contribution in [2.45, 2.75) is 12.5 Å². The summed E-state index contributed by atoms with van der Waals surface area (Å²) in [5, 5.41) is 9.70. The van der Waals surface area contributed by atoms with E-state index in [1.54, 1.807) is 54.6 Å². The molecular formula is C22H17ClFNO3. The molecule has 0 saturated heterocycles. The van der Waals surface area contributed by atoms with E-state index < -0.39 is 23.7 Å². The highest BCUT2D eigenvalue weighted by atomic mass is 35.5. The molecule has 3 aromatic carbocycles. The van der Waals surface area contributed by atoms with Crippen LogP contribution in [0.25, 0.3) is 0 Å². The van der Waals surface area contributed by atoms with Crippen molar-refractivity contribution in [2.75, 3.05) is 4.90 Å². The van der Waals surface area contributed by atoms with Gasteiger partial charge >= 0.3 is 5.97 Å². The molecule has 0 heterocycles. The summed E-state index contributed by atoms with van der Waals surface area (Å²) in [6, 6.07) is 19.9. The Labute approximate surface area is 166 Å². The Morgan fingerprint density at radius 1 is 0.964 bits per heavy atom. The first kappa shape index (κ1) is 19.6. The minimum absolute atomic E-state index is 0.0870. The first-order valence-corrected chi connectivity index (χ1v) is 8.95. The van der Waals surface area contributed by atoms with Crippen molar-refractivity contribution in [2.24, 2.45) is 0 Å². The molecule has 0 aliphatic rings. The zero-order valence-corrected chi connectivity index (χ0v) is 15.5. The van der Waals surface area contributed by atoms with Crippen LogP contribution < -0.4 is 4.90 Å². The van der Waals surface area contributed by atoms with E-state index in [4.69, 9.17) is 11.6 Å². The number of benzene rings is 3. The highest BCUT2D eigenvalue weighted by Gasteiger charge is 2.32. The fourth-order valence-electron chi connectivity index (χ4n) is 2.92. The summed E-state index contributed by atoms with van der Waals surface area (Å²) in [5.41, 5.74) is 1.29. The van der Waals surface area contributed by atoms with Crippen LogP contribution in [0.3, 0.4) is 0 Å². The Hall–Kier alpha value is -3.18. The Balaban J connectivity index is 2.08. The number of halogens is 2. The summed E-state index contributed by atoms with van der Waals surface area (Å²) in [6.07, 6.45) is 0.0870. The maximum Gasteiger partial charge on any atom is 0.327 e. The first-order valence-electron chi connectivity index (χ1n) is 8.58. The van der Waals surface area contributed by atoms with Gasteiger partial charge < -0.3 is 5.11 Å². The third-order valence-corrected chi connectivity index (χ3v) is 4.58. The molecule has 0 aromatic heterocycles. The third-order valence-electron chi connectivity index (χ3n) is 4.29. The van der Waals surface area contributed by atoms with Gasteiger partial charge in [-0.3, -0.25) is 9.69 Å². The molecule has 0 spiro atoms. The van der Waals surface area contributed by atoms with E-state index in [0.717, 1.165) is 16.5 Å². The molecule has 28 heavy (non-hydrogen) atoms. The van der Waals surface area contributed by atoms with Crippen LogP contribution in [0.5, 0.6) is 0 Å². The Morgan fingerprint density at radius 3 is 2.14 bits per heavy atom. The van der Waals surface area contributed by atoms with Crippen molar-refractivity contribution in [1.82, 2.24) is 0 Å². The molecule has 0 radical (unpaired) electrons. The Morgan fingerprint density at radius 2 is 1.57 bits per heavy atom. The Bertz CT molecular complexity index is 980. The lowest BCUT2D eigenvalue weighted by Crippen LogP contribution is -2.46. The number of carboxylic acids is 1. The van der Waals surface area contributed by atoms with Crippen molar-refractivity contribution in [3.05, 3.63) is 101 Å². The summed E-state index contributed by atoms with van der Waals surface area (Å²) in [6.45, 7) is 0. The van der Waals surface area contributed by atoms with Gasteiger partial charge in [0.15, 0.2) is 0 Å². The van der Waals surface area contributed by atoms with Crippen molar-refractivity contribution >= 4 is 29.2 Å². The lowest BCUT2D eigenvalue weighted by atomic mass is 10.0. The summed E-state index contributed by atoms with van der Waals surface area (Å²) in [7, 11) is 0. The molecule has 1 atom stereocenters. The minimum Gasteiger partial charge on any atom is -0.480 e. The third kappa shape index (κ3) is 4.38. The van der Waals surface area contributed by atoms with Gasteiger partial charge in [-0.2, -0.15) is 0 Å². The lowest BCUT2D eigenvalue weighted by Gasteiger charge is -2.29. The predicted octanol–water partition coefficient (Wildman–Crippen LogP) is 4.82. The molecule has 1 unspecified atom stereocenters. The second-order valence-electron chi connectivity index (χ2n) is 6.18. The number of nitrogens with zero attached hydrogens (tertiary/aromatic N) is 1. The smallest absolute Gasteiger partial charge is 0.327 e. The van der Waals surface area contributed by atoms with E-state index in [0.29, 0.717) is 5.56 Å². The average molecular weight is 398 g/mol.